The molecule has 0 fully saturated rings. The van der Waals surface area contributed by atoms with Crippen molar-refractivity contribution in [3.63, 3.8) is 0 Å². The Morgan fingerprint density at radius 3 is 2.81 bits per heavy atom. The van der Waals surface area contributed by atoms with E-state index in [0.29, 0.717) is 11.4 Å². The van der Waals surface area contributed by atoms with Gasteiger partial charge in [0.05, 0.1) is 17.1 Å². The second-order valence-electron chi connectivity index (χ2n) is 6.66. The molecule has 2 aromatic carbocycles. The number of aromatic nitrogens is 1. The molecule has 0 saturated heterocycles. The van der Waals surface area contributed by atoms with Crippen molar-refractivity contribution < 1.29 is 5.11 Å². The molecule has 1 N–H and O–H groups in total. The van der Waals surface area contributed by atoms with E-state index in [4.69, 9.17) is 0 Å². The average Bonchev–Trinajstić information content (AvgIpc) is 3.18. The lowest BCUT2D eigenvalue weighted by atomic mass is 10.0. The summed E-state index contributed by atoms with van der Waals surface area (Å²) >= 11 is 1.06. The summed E-state index contributed by atoms with van der Waals surface area (Å²) in [6.07, 6.45) is 4.57. The maximum Gasteiger partial charge on any atom is 0.310 e. The van der Waals surface area contributed by atoms with Gasteiger partial charge in [-0.15, -0.1) is 0 Å². The molecular weight excluding hydrogens is 356 g/mol. The Labute approximate surface area is 161 Å². The van der Waals surface area contributed by atoms with Gasteiger partial charge in [0, 0.05) is 17.4 Å². The minimum absolute atomic E-state index is 0.00695. The van der Waals surface area contributed by atoms with Gasteiger partial charge in [-0.25, -0.2) is 0 Å². The lowest BCUT2D eigenvalue weighted by Gasteiger charge is -2.05. The van der Waals surface area contributed by atoms with Crippen LogP contribution < -0.4 is 4.87 Å². The molecule has 0 amide bonds. The second-order valence-corrected chi connectivity index (χ2v) is 7.65. The van der Waals surface area contributed by atoms with Crippen LogP contribution in [0.4, 0.5) is 5.69 Å². The number of hydrogen-bond acceptors (Lipinski definition) is 4. The number of aromatic hydroxyl groups is 1. The van der Waals surface area contributed by atoms with Gasteiger partial charge >= 0.3 is 4.87 Å². The third-order valence-corrected chi connectivity index (χ3v) is 5.66. The summed E-state index contributed by atoms with van der Waals surface area (Å²) in [7, 11) is 0. The maximum absolute atomic E-state index is 12.4. The summed E-state index contributed by atoms with van der Waals surface area (Å²) in [5.74, 6) is 0.00695. The number of nitrogens with zero attached hydrogens (tertiary/aromatic N) is 2. The zero-order chi connectivity index (χ0) is 19.0. The van der Waals surface area contributed by atoms with Crippen molar-refractivity contribution in [2.24, 2.45) is 4.99 Å². The topological polar surface area (TPSA) is 54.6 Å². The van der Waals surface area contributed by atoms with Crippen molar-refractivity contribution in [3.05, 3.63) is 79.3 Å². The van der Waals surface area contributed by atoms with Gasteiger partial charge in [-0.2, -0.15) is 0 Å². The van der Waals surface area contributed by atoms with Gasteiger partial charge in [-0.1, -0.05) is 66.3 Å². The molecule has 0 unspecified atom stereocenters. The van der Waals surface area contributed by atoms with Gasteiger partial charge < -0.3 is 5.11 Å². The van der Waals surface area contributed by atoms with Gasteiger partial charge in [0.2, 0.25) is 5.88 Å². The monoisotopic (exact) mass is 376 g/mol. The number of hydrogen-bond donors (Lipinski definition) is 1. The molecule has 0 saturated carbocycles. The van der Waals surface area contributed by atoms with E-state index in [1.807, 2.05) is 49.4 Å². The zero-order valence-corrected chi connectivity index (χ0v) is 16.1. The van der Waals surface area contributed by atoms with E-state index in [1.54, 1.807) is 6.21 Å². The molecule has 4 nitrogen and oxygen atoms in total. The molecule has 2 heterocycles. The first-order valence-corrected chi connectivity index (χ1v) is 9.74. The molecular formula is C22H20N2O2S. The van der Waals surface area contributed by atoms with Gasteiger partial charge in [0.25, 0.3) is 0 Å². The standard InChI is InChI=1S/C22H20N2O2S/c1-3-16-8-5-9-18-17(12-23-20(16)18)11-19-21(25)24(22(26)27-19)13-15-7-4-6-14(2)10-15/h4-12,25H,3,13H2,1-2H3. The zero-order valence-electron chi connectivity index (χ0n) is 15.3. The van der Waals surface area contributed by atoms with Crippen molar-refractivity contribution in [1.82, 2.24) is 4.57 Å². The number of benzene rings is 2. The molecule has 0 aliphatic carbocycles. The minimum atomic E-state index is -0.168. The summed E-state index contributed by atoms with van der Waals surface area (Å²) in [6.45, 7) is 4.48. The molecule has 27 heavy (non-hydrogen) atoms. The predicted molar refractivity (Wildman–Crippen MR) is 112 cm³/mol. The first kappa shape index (κ1) is 17.5. The number of allylic oxidation sites excluding steroid dienone is 1. The van der Waals surface area contributed by atoms with Crippen LogP contribution >= 0.6 is 11.3 Å². The molecule has 1 aliphatic rings. The van der Waals surface area contributed by atoms with E-state index in [9.17, 15) is 9.90 Å². The molecule has 0 radical (unpaired) electrons. The largest absolute Gasteiger partial charge is 0.493 e. The van der Waals surface area contributed by atoms with E-state index in [1.165, 1.54) is 10.1 Å². The van der Waals surface area contributed by atoms with Gasteiger partial charge in [0.1, 0.15) is 0 Å². The van der Waals surface area contributed by atoms with Crippen molar-refractivity contribution in [2.75, 3.05) is 0 Å². The first-order chi connectivity index (χ1) is 13.1. The molecule has 1 aromatic heterocycles. The highest BCUT2D eigenvalue weighted by Gasteiger charge is 2.18. The molecule has 0 bridgehead atoms. The molecule has 0 spiro atoms. The van der Waals surface area contributed by atoms with Crippen LogP contribution in [0.2, 0.25) is 0 Å². The van der Waals surface area contributed by atoms with E-state index >= 15 is 0 Å². The van der Waals surface area contributed by atoms with E-state index < -0.39 is 0 Å². The fraction of sp³-hybridized carbons (Fsp3) is 0.182. The maximum atomic E-state index is 12.4. The molecule has 4 rings (SSSR count). The van der Waals surface area contributed by atoms with Gasteiger partial charge in [-0.3, -0.25) is 14.4 Å². The highest BCUT2D eigenvalue weighted by atomic mass is 32.1. The van der Waals surface area contributed by atoms with Crippen LogP contribution in [0, 0.1) is 6.92 Å². The SMILES string of the molecule is CCc1cccc2c1N=CC2=Cc1sc(=O)n(Cc2cccc(C)c2)c1O. The van der Waals surface area contributed by atoms with Crippen LogP contribution in [0.5, 0.6) is 5.88 Å². The second kappa shape index (κ2) is 7.00. The van der Waals surface area contributed by atoms with Crippen molar-refractivity contribution in [2.45, 2.75) is 26.8 Å². The number of rotatable bonds is 4. The number of aliphatic imine (C=N–C) groups is 1. The smallest absolute Gasteiger partial charge is 0.310 e. The molecule has 1 aliphatic heterocycles. The van der Waals surface area contributed by atoms with Crippen molar-refractivity contribution in [1.29, 1.82) is 0 Å². The number of thiazole rings is 1. The summed E-state index contributed by atoms with van der Waals surface area (Å²) in [5.41, 5.74) is 6.26. The van der Waals surface area contributed by atoms with Crippen LogP contribution in [0.3, 0.4) is 0 Å². The molecule has 5 heteroatoms. The highest BCUT2D eigenvalue weighted by Crippen LogP contribution is 2.37. The van der Waals surface area contributed by atoms with Crippen LogP contribution in [0.25, 0.3) is 11.6 Å². The Balaban J connectivity index is 1.71. The Hall–Kier alpha value is -2.92. The lowest BCUT2D eigenvalue weighted by Crippen LogP contribution is -2.13. The highest BCUT2D eigenvalue weighted by molar-refractivity contribution is 7.10. The van der Waals surface area contributed by atoms with Crippen LogP contribution in [0.1, 0.15) is 34.1 Å². The van der Waals surface area contributed by atoms with E-state index in [0.717, 1.165) is 45.7 Å². The Morgan fingerprint density at radius 1 is 1.22 bits per heavy atom. The Morgan fingerprint density at radius 2 is 2.04 bits per heavy atom. The van der Waals surface area contributed by atoms with Crippen LogP contribution in [0.15, 0.2) is 52.3 Å². The quantitative estimate of drug-likeness (QED) is 0.712. The van der Waals surface area contributed by atoms with Gasteiger partial charge in [0.15, 0.2) is 0 Å². The Bertz CT molecular complexity index is 1140. The summed E-state index contributed by atoms with van der Waals surface area (Å²) in [6, 6.07) is 14.1. The normalized spacial score (nSPS) is 14.1. The number of fused-ring (bicyclic) bond motifs is 1. The molecule has 3 aromatic rings. The summed E-state index contributed by atoms with van der Waals surface area (Å²) in [4.78, 5) is 17.3. The third kappa shape index (κ3) is 3.26. The number of aryl methyl sites for hydroxylation is 2. The van der Waals surface area contributed by atoms with Crippen LogP contribution in [-0.4, -0.2) is 15.9 Å². The van der Waals surface area contributed by atoms with Crippen LogP contribution in [-0.2, 0) is 13.0 Å². The third-order valence-electron chi connectivity index (χ3n) is 4.75. The van der Waals surface area contributed by atoms with E-state index in [-0.39, 0.29) is 10.8 Å². The lowest BCUT2D eigenvalue weighted by molar-refractivity contribution is 0.420. The fourth-order valence-electron chi connectivity index (χ4n) is 3.36. The average molecular weight is 376 g/mol. The first-order valence-electron chi connectivity index (χ1n) is 8.93. The Kier molecular flexibility index (Phi) is 4.54. The summed E-state index contributed by atoms with van der Waals surface area (Å²) < 4.78 is 1.42. The molecule has 136 valence electrons. The summed E-state index contributed by atoms with van der Waals surface area (Å²) in [5, 5.41) is 10.6. The predicted octanol–water partition coefficient (Wildman–Crippen LogP) is 4.79. The van der Waals surface area contributed by atoms with E-state index in [2.05, 4.69) is 18.0 Å². The molecule has 0 atom stereocenters. The minimum Gasteiger partial charge on any atom is -0.493 e. The number of para-hydroxylation sites is 1. The van der Waals surface area contributed by atoms with Gasteiger partial charge in [-0.05, 0) is 30.5 Å². The van der Waals surface area contributed by atoms with Crippen molar-refractivity contribution >= 4 is 34.9 Å². The fourth-order valence-corrected chi connectivity index (χ4v) is 4.20. The van der Waals surface area contributed by atoms with Crippen molar-refractivity contribution in [3.8, 4) is 5.88 Å².